The van der Waals surface area contributed by atoms with E-state index in [1.807, 2.05) is 0 Å². The Labute approximate surface area is 123 Å². The number of carbonyl (C=O) groups is 1. The van der Waals surface area contributed by atoms with E-state index in [-0.39, 0.29) is 22.3 Å². The molecular weight excluding hydrogens is 332 g/mol. The van der Waals surface area contributed by atoms with Crippen LogP contribution < -0.4 is 5.56 Å². The van der Waals surface area contributed by atoms with Crippen molar-refractivity contribution in [3.63, 3.8) is 0 Å². The van der Waals surface area contributed by atoms with Crippen molar-refractivity contribution < 1.29 is 14.5 Å². The second-order valence-electron chi connectivity index (χ2n) is 4.05. The lowest BCUT2D eigenvalue weighted by Gasteiger charge is -2.07. The van der Waals surface area contributed by atoms with Gasteiger partial charge in [-0.2, -0.15) is 0 Å². The van der Waals surface area contributed by atoms with Crippen molar-refractivity contribution in [3.8, 4) is 0 Å². The minimum atomic E-state index is -0.563. The van der Waals surface area contributed by atoms with E-state index in [0.29, 0.717) is 5.57 Å². The molecule has 0 spiro atoms. The summed E-state index contributed by atoms with van der Waals surface area (Å²) >= 11 is 3.05. The summed E-state index contributed by atoms with van der Waals surface area (Å²) in [6.45, 7) is 3.07. The highest BCUT2D eigenvalue weighted by atomic mass is 79.9. The van der Waals surface area contributed by atoms with Crippen molar-refractivity contribution in [3.05, 3.63) is 48.4 Å². The maximum atomic E-state index is 12.0. The van der Waals surface area contributed by atoms with Gasteiger partial charge in [0, 0.05) is 17.7 Å². The second kappa shape index (κ2) is 6.47. The molecule has 8 heteroatoms. The van der Waals surface area contributed by atoms with Gasteiger partial charge < -0.3 is 9.30 Å². The number of rotatable bonds is 4. The molecule has 1 aromatic heterocycles. The summed E-state index contributed by atoms with van der Waals surface area (Å²) in [4.78, 5) is 33.5. The summed E-state index contributed by atoms with van der Waals surface area (Å²) in [5.41, 5.74) is 0.0197. The topological polar surface area (TPSA) is 91.4 Å². The number of ether oxygens (including phenoxy) is 1. The summed E-state index contributed by atoms with van der Waals surface area (Å²) in [6.07, 6.45) is 2.63. The van der Waals surface area contributed by atoms with Gasteiger partial charge in [-0.15, -0.1) is 0 Å². The first-order chi connectivity index (χ1) is 9.29. The van der Waals surface area contributed by atoms with Crippen LogP contribution in [0.25, 0.3) is 0 Å². The molecule has 0 aliphatic rings. The van der Waals surface area contributed by atoms with Crippen molar-refractivity contribution in [1.29, 1.82) is 0 Å². The maximum absolute atomic E-state index is 12.0. The lowest BCUT2D eigenvalue weighted by Crippen LogP contribution is -2.22. The molecule has 0 aliphatic carbocycles. The van der Waals surface area contributed by atoms with E-state index in [2.05, 4.69) is 20.7 Å². The number of aromatic nitrogens is 1. The molecule has 0 aliphatic heterocycles. The fraction of sp³-hybridized carbons (Fsp3) is 0.333. The average molecular weight is 345 g/mol. The van der Waals surface area contributed by atoms with Gasteiger partial charge in [0.15, 0.2) is 0 Å². The predicted molar refractivity (Wildman–Crippen MR) is 75.6 cm³/mol. The highest BCUT2D eigenvalue weighted by Gasteiger charge is 2.18. The average Bonchev–Trinajstić information content (AvgIpc) is 2.42. The van der Waals surface area contributed by atoms with Gasteiger partial charge >= 0.3 is 5.97 Å². The van der Waals surface area contributed by atoms with Crippen molar-refractivity contribution in [2.45, 2.75) is 20.4 Å². The summed E-state index contributed by atoms with van der Waals surface area (Å²) in [5.74, 6) is -0.515. The molecule has 1 aromatic rings. The van der Waals surface area contributed by atoms with Crippen LogP contribution in [0.1, 0.15) is 12.5 Å². The van der Waals surface area contributed by atoms with E-state index >= 15 is 0 Å². The Hall–Kier alpha value is -1.96. The molecule has 20 heavy (non-hydrogen) atoms. The molecule has 0 saturated carbocycles. The van der Waals surface area contributed by atoms with Gasteiger partial charge in [-0.1, -0.05) is 6.08 Å². The number of halogens is 1. The Morgan fingerprint density at radius 2 is 2.20 bits per heavy atom. The van der Waals surface area contributed by atoms with Crippen LogP contribution >= 0.6 is 15.9 Å². The fourth-order valence-corrected chi connectivity index (χ4v) is 1.93. The van der Waals surface area contributed by atoms with Gasteiger partial charge in [0.25, 0.3) is 11.2 Å². The zero-order valence-electron chi connectivity index (χ0n) is 11.2. The van der Waals surface area contributed by atoms with Crippen molar-refractivity contribution >= 4 is 27.6 Å². The third kappa shape index (κ3) is 3.32. The standard InChI is InChI=1S/C12H13BrN2O5/c1-7(12(17)20-3)4-5-14-6-9(15(18)19)8(2)10(13)11(14)16/h4,6H,5H2,1-3H3/b7-4+. The number of hydrogen-bond acceptors (Lipinski definition) is 5. The molecule has 0 N–H and O–H groups in total. The lowest BCUT2D eigenvalue weighted by atomic mass is 10.2. The van der Waals surface area contributed by atoms with Gasteiger partial charge in [-0.3, -0.25) is 14.9 Å². The van der Waals surface area contributed by atoms with Crippen molar-refractivity contribution in [2.75, 3.05) is 7.11 Å². The van der Waals surface area contributed by atoms with Crippen LogP contribution in [0.4, 0.5) is 5.69 Å². The van der Waals surface area contributed by atoms with Crippen molar-refractivity contribution in [1.82, 2.24) is 4.57 Å². The van der Waals surface area contributed by atoms with Crippen LogP contribution in [-0.2, 0) is 16.1 Å². The van der Waals surface area contributed by atoms with E-state index in [0.717, 1.165) is 10.8 Å². The Kier molecular flexibility index (Phi) is 5.20. The zero-order valence-corrected chi connectivity index (χ0v) is 12.8. The molecule has 0 aromatic carbocycles. The largest absolute Gasteiger partial charge is 0.466 e. The molecule has 108 valence electrons. The number of allylic oxidation sites excluding steroid dienone is 1. The molecule has 0 saturated heterocycles. The molecule has 0 atom stereocenters. The van der Waals surface area contributed by atoms with E-state index < -0.39 is 16.5 Å². The zero-order chi connectivity index (χ0) is 15.4. The number of nitro groups is 1. The SMILES string of the molecule is COC(=O)/C(C)=C/Cn1cc([N+](=O)[O-])c(C)c(Br)c1=O. The first-order valence-corrected chi connectivity index (χ1v) is 6.37. The minimum absolute atomic E-state index is 0.0412. The highest BCUT2D eigenvalue weighted by molar-refractivity contribution is 9.10. The first kappa shape index (κ1) is 16.1. The highest BCUT2D eigenvalue weighted by Crippen LogP contribution is 2.22. The smallest absolute Gasteiger partial charge is 0.333 e. The quantitative estimate of drug-likeness (QED) is 0.360. The van der Waals surface area contributed by atoms with Crippen LogP contribution in [0, 0.1) is 17.0 Å². The molecule has 0 radical (unpaired) electrons. The van der Waals surface area contributed by atoms with Crippen LogP contribution in [0.15, 0.2) is 27.1 Å². The van der Waals surface area contributed by atoms with E-state index in [9.17, 15) is 19.7 Å². The Bertz CT molecular complexity index is 648. The number of nitrogens with zero attached hydrogens (tertiary/aromatic N) is 2. The van der Waals surface area contributed by atoms with Crippen LogP contribution in [0.2, 0.25) is 0 Å². The number of hydrogen-bond donors (Lipinski definition) is 0. The number of carbonyl (C=O) groups excluding carboxylic acids is 1. The normalized spacial score (nSPS) is 11.3. The van der Waals surface area contributed by atoms with E-state index in [1.54, 1.807) is 0 Å². The molecule has 0 bridgehead atoms. The second-order valence-corrected chi connectivity index (χ2v) is 4.84. The monoisotopic (exact) mass is 344 g/mol. The van der Waals surface area contributed by atoms with Crippen LogP contribution in [0.5, 0.6) is 0 Å². The summed E-state index contributed by atoms with van der Waals surface area (Å²) in [6, 6.07) is 0. The van der Waals surface area contributed by atoms with E-state index in [1.165, 1.54) is 27.0 Å². The Balaban J connectivity index is 3.24. The molecule has 0 fully saturated rings. The number of methoxy groups -OCH3 is 1. The van der Waals surface area contributed by atoms with Gasteiger partial charge in [0.1, 0.15) is 0 Å². The van der Waals surface area contributed by atoms with Gasteiger partial charge in [0.2, 0.25) is 0 Å². The number of esters is 1. The summed E-state index contributed by atoms with van der Waals surface area (Å²) in [7, 11) is 1.25. The van der Waals surface area contributed by atoms with Gasteiger partial charge in [-0.05, 0) is 29.8 Å². The summed E-state index contributed by atoms with van der Waals surface area (Å²) in [5, 5.41) is 10.9. The van der Waals surface area contributed by atoms with Crippen LogP contribution in [0.3, 0.4) is 0 Å². The minimum Gasteiger partial charge on any atom is -0.466 e. The lowest BCUT2D eigenvalue weighted by molar-refractivity contribution is -0.386. The molecule has 0 unspecified atom stereocenters. The van der Waals surface area contributed by atoms with Gasteiger partial charge in [0.05, 0.1) is 22.7 Å². The molecular formula is C12H13BrN2O5. The Morgan fingerprint density at radius 3 is 2.70 bits per heavy atom. The fourth-order valence-electron chi connectivity index (χ4n) is 1.50. The molecule has 1 rings (SSSR count). The van der Waals surface area contributed by atoms with Crippen molar-refractivity contribution in [2.24, 2.45) is 0 Å². The number of pyridine rings is 1. The third-order valence-electron chi connectivity index (χ3n) is 2.74. The summed E-state index contributed by atoms with van der Waals surface area (Å²) < 4.78 is 5.81. The third-order valence-corrected chi connectivity index (χ3v) is 3.67. The van der Waals surface area contributed by atoms with Crippen LogP contribution in [-0.4, -0.2) is 22.6 Å². The Morgan fingerprint density at radius 1 is 1.60 bits per heavy atom. The maximum Gasteiger partial charge on any atom is 0.333 e. The predicted octanol–water partition coefficient (Wildman–Crippen LogP) is 1.95. The van der Waals surface area contributed by atoms with Gasteiger partial charge in [-0.25, -0.2) is 4.79 Å². The molecule has 7 nitrogen and oxygen atoms in total. The molecule has 0 amide bonds. The first-order valence-electron chi connectivity index (χ1n) is 5.58. The molecule has 1 heterocycles. The van der Waals surface area contributed by atoms with E-state index in [4.69, 9.17) is 0 Å².